The first kappa shape index (κ1) is 11.7. The van der Waals surface area contributed by atoms with Crippen molar-refractivity contribution in [3.05, 3.63) is 60.2 Å². The van der Waals surface area contributed by atoms with Gasteiger partial charge in [-0.15, -0.1) is 0 Å². The lowest BCUT2D eigenvalue weighted by molar-refractivity contribution is 0.993. The van der Waals surface area contributed by atoms with Gasteiger partial charge in [-0.25, -0.2) is 9.97 Å². The molecule has 4 nitrogen and oxygen atoms in total. The zero-order valence-electron chi connectivity index (χ0n) is 10.9. The second-order valence-corrected chi connectivity index (χ2v) is 4.53. The largest absolute Gasteiger partial charge is 0.367 e. The van der Waals surface area contributed by atoms with Crippen LogP contribution in [0.25, 0.3) is 5.65 Å². The SMILES string of the molecule is Cc1cnc2c(NCCc3ccccc3)nccn12. The minimum atomic E-state index is 0.839. The van der Waals surface area contributed by atoms with Crippen LogP contribution in [0.1, 0.15) is 11.3 Å². The number of benzene rings is 1. The van der Waals surface area contributed by atoms with Gasteiger partial charge < -0.3 is 5.32 Å². The molecule has 0 unspecified atom stereocenters. The van der Waals surface area contributed by atoms with E-state index in [9.17, 15) is 0 Å². The Bertz CT molecular complexity index is 673. The molecule has 0 radical (unpaired) electrons. The number of aryl methyl sites for hydroxylation is 1. The molecule has 4 heteroatoms. The Kier molecular flexibility index (Phi) is 3.14. The zero-order valence-corrected chi connectivity index (χ0v) is 10.9. The fourth-order valence-corrected chi connectivity index (χ4v) is 2.14. The molecule has 0 bridgehead atoms. The molecule has 3 rings (SSSR count). The van der Waals surface area contributed by atoms with Crippen LogP contribution in [-0.4, -0.2) is 20.9 Å². The van der Waals surface area contributed by atoms with Gasteiger partial charge in [0.2, 0.25) is 0 Å². The van der Waals surface area contributed by atoms with Crippen molar-refractivity contribution < 1.29 is 0 Å². The van der Waals surface area contributed by atoms with E-state index < -0.39 is 0 Å². The Morgan fingerprint density at radius 3 is 2.84 bits per heavy atom. The standard InChI is InChI=1S/C15H16N4/c1-12-11-18-15-14(17-9-10-19(12)15)16-8-7-13-5-3-2-4-6-13/h2-6,9-11H,7-8H2,1H3,(H,16,17). The highest BCUT2D eigenvalue weighted by Crippen LogP contribution is 2.13. The van der Waals surface area contributed by atoms with Gasteiger partial charge in [0.05, 0.1) is 0 Å². The van der Waals surface area contributed by atoms with Gasteiger partial charge >= 0.3 is 0 Å². The monoisotopic (exact) mass is 252 g/mol. The van der Waals surface area contributed by atoms with Crippen LogP contribution in [0.2, 0.25) is 0 Å². The topological polar surface area (TPSA) is 42.2 Å². The molecule has 96 valence electrons. The molecule has 1 N–H and O–H groups in total. The summed E-state index contributed by atoms with van der Waals surface area (Å²) in [7, 11) is 0. The fraction of sp³-hybridized carbons (Fsp3) is 0.200. The second-order valence-electron chi connectivity index (χ2n) is 4.53. The molecule has 3 aromatic rings. The van der Waals surface area contributed by atoms with Crippen LogP contribution in [0.5, 0.6) is 0 Å². The maximum absolute atomic E-state index is 4.38. The third-order valence-electron chi connectivity index (χ3n) is 3.16. The van der Waals surface area contributed by atoms with E-state index >= 15 is 0 Å². The molecule has 0 saturated carbocycles. The predicted octanol–water partition coefficient (Wildman–Crippen LogP) is 2.69. The number of rotatable bonds is 4. The maximum atomic E-state index is 4.38. The Labute approximate surface area is 112 Å². The van der Waals surface area contributed by atoms with Gasteiger partial charge in [-0.1, -0.05) is 30.3 Å². The van der Waals surface area contributed by atoms with E-state index in [-0.39, 0.29) is 0 Å². The lowest BCUT2D eigenvalue weighted by Gasteiger charge is -2.07. The summed E-state index contributed by atoms with van der Waals surface area (Å²) in [6, 6.07) is 10.4. The lowest BCUT2D eigenvalue weighted by atomic mass is 10.1. The summed E-state index contributed by atoms with van der Waals surface area (Å²) in [6.07, 6.45) is 6.56. The number of nitrogens with one attached hydrogen (secondary N) is 1. The van der Waals surface area contributed by atoms with Crippen molar-refractivity contribution >= 4 is 11.5 Å². The molecule has 0 atom stereocenters. The van der Waals surface area contributed by atoms with Crippen LogP contribution in [0.4, 0.5) is 5.82 Å². The molecule has 2 aromatic heterocycles. The van der Waals surface area contributed by atoms with Crippen LogP contribution in [0.3, 0.4) is 0 Å². The predicted molar refractivity (Wildman–Crippen MR) is 76.4 cm³/mol. The second kappa shape index (κ2) is 5.10. The van der Waals surface area contributed by atoms with Gasteiger partial charge in [-0.2, -0.15) is 0 Å². The first-order valence-electron chi connectivity index (χ1n) is 6.41. The van der Waals surface area contributed by atoms with Crippen molar-refractivity contribution in [3.63, 3.8) is 0 Å². The Hall–Kier alpha value is -2.36. The number of hydrogen-bond acceptors (Lipinski definition) is 3. The highest BCUT2D eigenvalue weighted by molar-refractivity contribution is 5.62. The summed E-state index contributed by atoms with van der Waals surface area (Å²) in [5.41, 5.74) is 3.32. The van der Waals surface area contributed by atoms with E-state index in [1.54, 1.807) is 6.20 Å². The van der Waals surface area contributed by atoms with Crippen LogP contribution in [-0.2, 0) is 6.42 Å². The summed E-state index contributed by atoms with van der Waals surface area (Å²) >= 11 is 0. The van der Waals surface area contributed by atoms with Crippen LogP contribution in [0.15, 0.2) is 48.9 Å². The Morgan fingerprint density at radius 2 is 2.00 bits per heavy atom. The minimum Gasteiger partial charge on any atom is -0.367 e. The van der Waals surface area contributed by atoms with Crippen molar-refractivity contribution in [3.8, 4) is 0 Å². The van der Waals surface area contributed by atoms with Crippen molar-refractivity contribution in [2.45, 2.75) is 13.3 Å². The smallest absolute Gasteiger partial charge is 0.180 e. The van der Waals surface area contributed by atoms with Gasteiger partial charge in [-0.05, 0) is 18.9 Å². The molecule has 1 aromatic carbocycles. The fourth-order valence-electron chi connectivity index (χ4n) is 2.14. The van der Waals surface area contributed by atoms with E-state index in [0.29, 0.717) is 0 Å². The van der Waals surface area contributed by atoms with Gasteiger partial charge in [0, 0.05) is 30.8 Å². The lowest BCUT2D eigenvalue weighted by Crippen LogP contribution is -2.07. The van der Waals surface area contributed by atoms with Gasteiger partial charge in [0.15, 0.2) is 11.5 Å². The van der Waals surface area contributed by atoms with Crippen LogP contribution >= 0.6 is 0 Å². The summed E-state index contributed by atoms with van der Waals surface area (Å²) in [5, 5.41) is 3.36. The number of fused-ring (bicyclic) bond motifs is 1. The highest BCUT2D eigenvalue weighted by Gasteiger charge is 2.05. The molecular formula is C15H16N4. The normalized spacial score (nSPS) is 10.8. The molecule has 0 amide bonds. The highest BCUT2D eigenvalue weighted by atomic mass is 15.1. The molecule has 0 aliphatic heterocycles. The van der Waals surface area contributed by atoms with Crippen LogP contribution < -0.4 is 5.32 Å². The summed E-state index contributed by atoms with van der Waals surface area (Å²) in [5.74, 6) is 0.839. The van der Waals surface area contributed by atoms with Crippen molar-refractivity contribution in [1.29, 1.82) is 0 Å². The average molecular weight is 252 g/mol. The first-order chi connectivity index (χ1) is 9.34. The molecule has 0 aliphatic rings. The van der Waals surface area contributed by atoms with E-state index in [0.717, 1.165) is 30.1 Å². The number of aromatic nitrogens is 3. The molecule has 19 heavy (non-hydrogen) atoms. The minimum absolute atomic E-state index is 0.839. The summed E-state index contributed by atoms with van der Waals surface area (Å²) in [6.45, 7) is 2.89. The molecule has 2 heterocycles. The zero-order chi connectivity index (χ0) is 13.1. The third kappa shape index (κ3) is 2.42. The number of anilines is 1. The van der Waals surface area contributed by atoms with E-state index in [2.05, 4.69) is 39.6 Å². The molecular weight excluding hydrogens is 236 g/mol. The quantitative estimate of drug-likeness (QED) is 0.776. The molecule has 0 spiro atoms. The van der Waals surface area contributed by atoms with Crippen molar-refractivity contribution in [2.75, 3.05) is 11.9 Å². The summed E-state index contributed by atoms with van der Waals surface area (Å²) in [4.78, 5) is 8.74. The van der Waals surface area contributed by atoms with Crippen molar-refractivity contribution in [2.24, 2.45) is 0 Å². The van der Waals surface area contributed by atoms with Crippen molar-refractivity contribution in [1.82, 2.24) is 14.4 Å². The number of nitrogens with zero attached hydrogens (tertiary/aromatic N) is 3. The number of hydrogen-bond donors (Lipinski definition) is 1. The van der Waals surface area contributed by atoms with E-state index in [1.165, 1.54) is 5.56 Å². The average Bonchev–Trinajstić information content (AvgIpc) is 2.83. The Balaban J connectivity index is 1.72. The van der Waals surface area contributed by atoms with E-state index in [4.69, 9.17) is 0 Å². The summed E-state index contributed by atoms with van der Waals surface area (Å²) < 4.78 is 2.04. The molecule has 0 fully saturated rings. The van der Waals surface area contributed by atoms with Gasteiger partial charge in [0.1, 0.15) is 0 Å². The third-order valence-corrected chi connectivity index (χ3v) is 3.16. The van der Waals surface area contributed by atoms with Gasteiger partial charge in [0.25, 0.3) is 0 Å². The van der Waals surface area contributed by atoms with Crippen LogP contribution in [0, 0.1) is 6.92 Å². The molecule has 0 saturated heterocycles. The number of imidazole rings is 1. The Morgan fingerprint density at radius 1 is 1.16 bits per heavy atom. The van der Waals surface area contributed by atoms with Gasteiger partial charge in [-0.3, -0.25) is 4.40 Å². The maximum Gasteiger partial charge on any atom is 0.180 e. The van der Waals surface area contributed by atoms with E-state index in [1.807, 2.05) is 29.8 Å². The molecule has 0 aliphatic carbocycles. The first-order valence-corrected chi connectivity index (χ1v) is 6.41.